The van der Waals surface area contributed by atoms with E-state index in [1.807, 2.05) is 6.07 Å². The zero-order chi connectivity index (χ0) is 15.3. The van der Waals surface area contributed by atoms with Crippen molar-refractivity contribution in [1.29, 1.82) is 5.26 Å². The van der Waals surface area contributed by atoms with E-state index in [1.54, 1.807) is 6.92 Å². The Morgan fingerprint density at radius 3 is 2.86 bits per heavy atom. The van der Waals surface area contributed by atoms with E-state index < -0.39 is 10.0 Å². The molecule has 0 fully saturated rings. The van der Waals surface area contributed by atoms with E-state index in [0.29, 0.717) is 17.9 Å². The molecule has 0 saturated heterocycles. The van der Waals surface area contributed by atoms with Gasteiger partial charge in [-0.15, -0.1) is 0 Å². The number of anilines is 1. The highest BCUT2D eigenvalue weighted by atomic mass is 32.2. The first kappa shape index (κ1) is 15.7. The summed E-state index contributed by atoms with van der Waals surface area (Å²) in [6.45, 7) is 2.35. The topological polar surface area (TPSA) is 94.9 Å². The summed E-state index contributed by atoms with van der Waals surface area (Å²) in [5, 5.41) is 12.2. The minimum atomic E-state index is -3.26. The number of nitriles is 1. The quantitative estimate of drug-likeness (QED) is 0.823. The molecule has 0 bridgehead atoms. The third kappa shape index (κ3) is 4.16. The van der Waals surface area contributed by atoms with Crippen molar-refractivity contribution in [2.45, 2.75) is 32.6 Å². The molecule has 2 rings (SSSR count). The highest BCUT2D eigenvalue weighted by molar-refractivity contribution is 7.89. The van der Waals surface area contributed by atoms with Crippen molar-refractivity contribution in [3.8, 4) is 6.07 Å². The summed E-state index contributed by atoms with van der Waals surface area (Å²) in [5.41, 5.74) is 2.65. The lowest BCUT2D eigenvalue weighted by Gasteiger charge is -2.17. The van der Waals surface area contributed by atoms with Gasteiger partial charge in [-0.25, -0.2) is 18.1 Å². The van der Waals surface area contributed by atoms with E-state index in [4.69, 9.17) is 0 Å². The Bertz CT molecular complexity index is 650. The largest absolute Gasteiger partial charge is 0.368 e. The molecule has 2 N–H and O–H groups in total. The molecule has 1 aliphatic carbocycles. The van der Waals surface area contributed by atoms with Gasteiger partial charge in [-0.05, 0) is 37.3 Å². The monoisotopic (exact) mass is 308 g/mol. The first-order chi connectivity index (χ1) is 10.1. The Labute approximate surface area is 125 Å². The Hall–Kier alpha value is -1.65. The molecular weight excluding hydrogens is 288 g/mol. The minimum absolute atomic E-state index is 0.0372. The number of aryl methyl sites for hydroxylation is 2. The van der Waals surface area contributed by atoms with Crippen LogP contribution < -0.4 is 10.0 Å². The maximum atomic E-state index is 11.6. The molecule has 0 spiro atoms. The molecule has 0 amide bonds. The van der Waals surface area contributed by atoms with Crippen molar-refractivity contribution in [3.63, 3.8) is 0 Å². The molecule has 6 nitrogen and oxygen atoms in total. The Kier molecular flexibility index (Phi) is 5.15. The number of fused-ring (bicyclic) bond motifs is 1. The number of hydrogen-bond acceptors (Lipinski definition) is 5. The molecule has 0 aromatic carbocycles. The molecule has 7 heteroatoms. The summed E-state index contributed by atoms with van der Waals surface area (Å²) in [6.07, 6.45) is 4.13. The van der Waals surface area contributed by atoms with E-state index in [2.05, 4.69) is 21.1 Å². The molecule has 114 valence electrons. The van der Waals surface area contributed by atoms with Crippen LogP contribution in [0.1, 0.15) is 36.6 Å². The second-order valence-electron chi connectivity index (χ2n) is 5.05. The molecule has 1 heterocycles. The number of nitrogens with one attached hydrogen (secondary N) is 2. The standard InChI is InChI=1S/C14H20N4O2S/c1-2-17-21(19,20)8-7-16-14-12(10-15)9-11-5-3-4-6-13(11)18-14/h9,17H,2-8H2,1H3,(H,16,18). The van der Waals surface area contributed by atoms with Crippen LogP contribution in [-0.2, 0) is 22.9 Å². The van der Waals surface area contributed by atoms with E-state index in [0.717, 1.165) is 36.9 Å². The van der Waals surface area contributed by atoms with Gasteiger partial charge in [-0.1, -0.05) is 6.92 Å². The second-order valence-corrected chi connectivity index (χ2v) is 6.98. The van der Waals surface area contributed by atoms with Gasteiger partial charge in [0.1, 0.15) is 11.9 Å². The smallest absolute Gasteiger partial charge is 0.213 e. The molecule has 1 aliphatic rings. The molecule has 0 unspecified atom stereocenters. The lowest BCUT2D eigenvalue weighted by Crippen LogP contribution is -2.29. The molecular formula is C14H20N4O2S. The van der Waals surface area contributed by atoms with Crippen molar-refractivity contribution in [2.24, 2.45) is 0 Å². The van der Waals surface area contributed by atoms with Crippen LogP contribution in [0.2, 0.25) is 0 Å². The van der Waals surface area contributed by atoms with Crippen LogP contribution in [0.4, 0.5) is 5.82 Å². The van der Waals surface area contributed by atoms with Gasteiger partial charge in [0.25, 0.3) is 0 Å². The number of sulfonamides is 1. The Balaban J connectivity index is 2.08. The lowest BCUT2D eigenvalue weighted by atomic mass is 9.95. The fourth-order valence-electron chi connectivity index (χ4n) is 2.45. The predicted molar refractivity (Wildman–Crippen MR) is 81.5 cm³/mol. The van der Waals surface area contributed by atoms with Crippen molar-refractivity contribution >= 4 is 15.8 Å². The molecule has 0 saturated carbocycles. The predicted octanol–water partition coefficient (Wildman–Crippen LogP) is 1.18. The fraction of sp³-hybridized carbons (Fsp3) is 0.571. The molecule has 1 aromatic heterocycles. The summed E-state index contributed by atoms with van der Waals surface area (Å²) in [4.78, 5) is 4.50. The van der Waals surface area contributed by atoms with Crippen molar-refractivity contribution < 1.29 is 8.42 Å². The number of aromatic nitrogens is 1. The van der Waals surface area contributed by atoms with E-state index >= 15 is 0 Å². The second kappa shape index (κ2) is 6.87. The maximum Gasteiger partial charge on any atom is 0.213 e. The third-order valence-electron chi connectivity index (χ3n) is 3.45. The first-order valence-electron chi connectivity index (χ1n) is 7.20. The van der Waals surface area contributed by atoms with Crippen LogP contribution in [0.25, 0.3) is 0 Å². The summed E-state index contributed by atoms with van der Waals surface area (Å²) >= 11 is 0. The lowest BCUT2D eigenvalue weighted by molar-refractivity contribution is 0.584. The average molecular weight is 308 g/mol. The summed E-state index contributed by atoms with van der Waals surface area (Å²) < 4.78 is 25.6. The van der Waals surface area contributed by atoms with Gasteiger partial charge >= 0.3 is 0 Å². The van der Waals surface area contributed by atoms with Gasteiger partial charge in [0.2, 0.25) is 10.0 Å². The SMILES string of the molecule is CCNS(=O)(=O)CCNc1nc2c(cc1C#N)CCCC2. The number of nitrogens with zero attached hydrogens (tertiary/aromatic N) is 2. The van der Waals surface area contributed by atoms with Crippen LogP contribution >= 0.6 is 0 Å². The van der Waals surface area contributed by atoms with Crippen LogP contribution in [-0.4, -0.2) is 32.2 Å². The highest BCUT2D eigenvalue weighted by Gasteiger charge is 2.15. The highest BCUT2D eigenvalue weighted by Crippen LogP contribution is 2.24. The molecule has 1 aromatic rings. The van der Waals surface area contributed by atoms with E-state index in [9.17, 15) is 13.7 Å². The maximum absolute atomic E-state index is 11.6. The van der Waals surface area contributed by atoms with Gasteiger partial charge in [-0.3, -0.25) is 0 Å². The summed E-state index contributed by atoms with van der Waals surface area (Å²) in [5.74, 6) is 0.453. The van der Waals surface area contributed by atoms with Crippen LogP contribution in [0.3, 0.4) is 0 Å². The van der Waals surface area contributed by atoms with Crippen LogP contribution in [0.5, 0.6) is 0 Å². The van der Waals surface area contributed by atoms with Gasteiger partial charge in [0.05, 0.1) is 11.3 Å². The van der Waals surface area contributed by atoms with Crippen molar-refractivity contribution in [3.05, 3.63) is 22.9 Å². The summed E-state index contributed by atoms with van der Waals surface area (Å²) in [7, 11) is -3.26. The third-order valence-corrected chi connectivity index (χ3v) is 4.92. The Morgan fingerprint density at radius 2 is 2.14 bits per heavy atom. The Morgan fingerprint density at radius 1 is 1.38 bits per heavy atom. The first-order valence-corrected chi connectivity index (χ1v) is 8.85. The number of pyridine rings is 1. The zero-order valence-corrected chi connectivity index (χ0v) is 13.0. The van der Waals surface area contributed by atoms with Gasteiger partial charge < -0.3 is 5.32 Å². The number of hydrogen-bond donors (Lipinski definition) is 2. The summed E-state index contributed by atoms with van der Waals surface area (Å²) in [6, 6.07) is 4.01. The van der Waals surface area contributed by atoms with Crippen molar-refractivity contribution in [1.82, 2.24) is 9.71 Å². The molecule has 0 aliphatic heterocycles. The van der Waals surface area contributed by atoms with Crippen LogP contribution in [0, 0.1) is 11.3 Å². The van der Waals surface area contributed by atoms with Gasteiger partial charge in [0.15, 0.2) is 0 Å². The molecule has 0 atom stereocenters. The molecule has 21 heavy (non-hydrogen) atoms. The van der Waals surface area contributed by atoms with Crippen molar-refractivity contribution in [2.75, 3.05) is 24.2 Å². The van der Waals surface area contributed by atoms with Crippen LogP contribution in [0.15, 0.2) is 6.07 Å². The minimum Gasteiger partial charge on any atom is -0.368 e. The number of rotatable bonds is 6. The van der Waals surface area contributed by atoms with Gasteiger partial charge in [0, 0.05) is 18.8 Å². The average Bonchev–Trinajstić information content (AvgIpc) is 2.46. The normalized spacial score (nSPS) is 14.3. The fourth-order valence-corrected chi connectivity index (χ4v) is 3.40. The zero-order valence-electron chi connectivity index (χ0n) is 12.1. The van der Waals surface area contributed by atoms with E-state index in [-0.39, 0.29) is 12.3 Å². The molecule has 0 radical (unpaired) electrons. The van der Waals surface area contributed by atoms with E-state index in [1.165, 1.54) is 0 Å². The van der Waals surface area contributed by atoms with Gasteiger partial charge in [-0.2, -0.15) is 5.26 Å².